The van der Waals surface area contributed by atoms with Gasteiger partial charge in [-0.1, -0.05) is 0 Å². The van der Waals surface area contributed by atoms with E-state index in [1.54, 1.807) is 0 Å². The van der Waals surface area contributed by atoms with Crippen LogP contribution in [0, 0.1) is 11.3 Å². The number of hydrogen-bond donors (Lipinski definition) is 0. The van der Waals surface area contributed by atoms with Crippen LogP contribution in [0.25, 0.3) is 0 Å². The molecule has 2 rings (SSSR count). The number of fused-ring (bicyclic) bond motifs is 2. The smallest absolute Gasteiger partial charge is 0.312 e. The molecule has 1 aliphatic carbocycles. The second-order valence-corrected chi connectivity index (χ2v) is 5.31. The van der Waals surface area contributed by atoms with Crippen LogP contribution in [0.3, 0.4) is 0 Å². The van der Waals surface area contributed by atoms with E-state index in [1.165, 1.54) is 7.11 Å². The highest BCUT2D eigenvalue weighted by molar-refractivity contribution is 5.82. The Morgan fingerprint density at radius 3 is 2.75 bits per heavy atom. The molecule has 4 nitrogen and oxygen atoms in total. The van der Waals surface area contributed by atoms with Gasteiger partial charge in [-0.3, -0.25) is 9.59 Å². The van der Waals surface area contributed by atoms with Gasteiger partial charge in [-0.2, -0.15) is 0 Å². The highest BCUT2D eigenvalue weighted by atomic mass is 16.6. The average molecular weight is 226 g/mol. The molecule has 0 aromatic heterocycles. The third kappa shape index (κ3) is 1.43. The maximum atomic E-state index is 11.9. The fourth-order valence-electron chi connectivity index (χ4n) is 3.21. The zero-order chi connectivity index (χ0) is 12.0. The van der Waals surface area contributed by atoms with Gasteiger partial charge in [0.1, 0.15) is 5.60 Å². The summed E-state index contributed by atoms with van der Waals surface area (Å²) in [7, 11) is 1.38. The molecular weight excluding hydrogens is 208 g/mol. The molecule has 2 bridgehead atoms. The number of ether oxygens (including phenoxy) is 2. The van der Waals surface area contributed by atoms with E-state index < -0.39 is 11.0 Å². The molecule has 0 amide bonds. The lowest BCUT2D eigenvalue weighted by atomic mass is 9.62. The summed E-state index contributed by atoms with van der Waals surface area (Å²) in [6.45, 7) is 3.84. The van der Waals surface area contributed by atoms with Crippen molar-refractivity contribution in [2.45, 2.75) is 45.1 Å². The first-order valence-electron chi connectivity index (χ1n) is 5.73. The molecule has 4 heteroatoms. The molecule has 0 unspecified atom stereocenters. The molecule has 1 saturated heterocycles. The van der Waals surface area contributed by atoms with E-state index in [4.69, 9.17) is 9.47 Å². The lowest BCUT2D eigenvalue weighted by Crippen LogP contribution is -2.43. The fourth-order valence-corrected chi connectivity index (χ4v) is 3.21. The molecule has 1 heterocycles. The maximum Gasteiger partial charge on any atom is 0.312 e. The standard InChI is InChI=1S/C12H18O4/c1-11-5-4-6-12(2,16-10(11)14)8(11)7-9(13)15-3/h8H,4-7H2,1-3H3/t8-,11+,12-/m1/s1. The molecule has 3 atom stereocenters. The Morgan fingerprint density at radius 2 is 2.19 bits per heavy atom. The van der Waals surface area contributed by atoms with Crippen LogP contribution in [0.4, 0.5) is 0 Å². The van der Waals surface area contributed by atoms with Crippen molar-refractivity contribution >= 4 is 11.9 Å². The van der Waals surface area contributed by atoms with Crippen LogP contribution in [-0.2, 0) is 19.1 Å². The number of hydrogen-bond acceptors (Lipinski definition) is 4. The van der Waals surface area contributed by atoms with E-state index in [9.17, 15) is 9.59 Å². The highest BCUT2D eigenvalue weighted by Crippen LogP contribution is 2.56. The third-order valence-corrected chi connectivity index (χ3v) is 4.27. The van der Waals surface area contributed by atoms with Crippen LogP contribution >= 0.6 is 0 Å². The molecule has 0 aromatic carbocycles. The molecular formula is C12H18O4. The van der Waals surface area contributed by atoms with Crippen LogP contribution in [-0.4, -0.2) is 24.6 Å². The molecule has 16 heavy (non-hydrogen) atoms. The van der Waals surface area contributed by atoms with Gasteiger partial charge < -0.3 is 9.47 Å². The van der Waals surface area contributed by atoms with E-state index >= 15 is 0 Å². The van der Waals surface area contributed by atoms with E-state index in [0.717, 1.165) is 19.3 Å². The lowest BCUT2D eigenvalue weighted by molar-refractivity contribution is -0.152. The van der Waals surface area contributed by atoms with Gasteiger partial charge in [-0.15, -0.1) is 0 Å². The van der Waals surface area contributed by atoms with Gasteiger partial charge in [-0.25, -0.2) is 0 Å². The fraction of sp³-hybridized carbons (Fsp3) is 0.833. The van der Waals surface area contributed by atoms with Crippen molar-refractivity contribution in [2.24, 2.45) is 11.3 Å². The molecule has 0 spiro atoms. The number of esters is 2. The van der Waals surface area contributed by atoms with E-state index in [1.807, 2.05) is 13.8 Å². The van der Waals surface area contributed by atoms with Crippen molar-refractivity contribution in [2.75, 3.05) is 7.11 Å². The van der Waals surface area contributed by atoms with Crippen molar-refractivity contribution in [3.8, 4) is 0 Å². The summed E-state index contributed by atoms with van der Waals surface area (Å²) in [6, 6.07) is 0. The van der Waals surface area contributed by atoms with Crippen LogP contribution in [0.1, 0.15) is 39.5 Å². The van der Waals surface area contributed by atoms with Crippen molar-refractivity contribution in [3.05, 3.63) is 0 Å². The van der Waals surface area contributed by atoms with Gasteiger partial charge >= 0.3 is 11.9 Å². The van der Waals surface area contributed by atoms with Crippen molar-refractivity contribution in [1.29, 1.82) is 0 Å². The minimum Gasteiger partial charge on any atom is -0.469 e. The highest BCUT2D eigenvalue weighted by Gasteiger charge is 2.62. The summed E-state index contributed by atoms with van der Waals surface area (Å²) in [5.41, 5.74) is -0.973. The van der Waals surface area contributed by atoms with E-state index in [-0.39, 0.29) is 24.3 Å². The zero-order valence-electron chi connectivity index (χ0n) is 10.0. The second kappa shape index (κ2) is 3.47. The Morgan fingerprint density at radius 1 is 1.50 bits per heavy atom. The normalized spacial score (nSPS) is 41.7. The summed E-state index contributed by atoms with van der Waals surface area (Å²) in [4.78, 5) is 23.3. The zero-order valence-corrected chi connectivity index (χ0v) is 10.0. The molecule has 1 aliphatic heterocycles. The Balaban J connectivity index is 2.28. The van der Waals surface area contributed by atoms with Crippen LogP contribution < -0.4 is 0 Å². The monoisotopic (exact) mass is 226 g/mol. The largest absolute Gasteiger partial charge is 0.469 e. The minimum atomic E-state index is -0.499. The van der Waals surface area contributed by atoms with Gasteiger partial charge in [0.05, 0.1) is 18.9 Å². The average Bonchev–Trinajstić information content (AvgIpc) is 2.34. The van der Waals surface area contributed by atoms with E-state index in [0.29, 0.717) is 0 Å². The van der Waals surface area contributed by atoms with Gasteiger partial charge in [0.15, 0.2) is 0 Å². The molecule has 0 radical (unpaired) electrons. The van der Waals surface area contributed by atoms with Gasteiger partial charge in [0.2, 0.25) is 0 Å². The first-order valence-corrected chi connectivity index (χ1v) is 5.73. The van der Waals surface area contributed by atoms with Crippen LogP contribution in [0.5, 0.6) is 0 Å². The maximum absolute atomic E-state index is 11.9. The number of methoxy groups -OCH3 is 1. The predicted molar refractivity (Wildman–Crippen MR) is 56.6 cm³/mol. The summed E-state index contributed by atoms with van der Waals surface area (Å²) in [6.07, 6.45) is 2.91. The molecule has 2 aliphatic rings. The van der Waals surface area contributed by atoms with Crippen LogP contribution in [0.2, 0.25) is 0 Å². The topological polar surface area (TPSA) is 52.6 Å². The van der Waals surface area contributed by atoms with Gasteiger partial charge in [-0.05, 0) is 33.1 Å². The van der Waals surface area contributed by atoms with Gasteiger partial charge in [0.25, 0.3) is 0 Å². The molecule has 0 aromatic rings. The minimum absolute atomic E-state index is 0.0475. The third-order valence-electron chi connectivity index (χ3n) is 4.27. The Bertz CT molecular complexity index is 338. The lowest BCUT2D eigenvalue weighted by Gasteiger charge is -2.38. The van der Waals surface area contributed by atoms with Gasteiger partial charge in [0, 0.05) is 5.92 Å². The Labute approximate surface area is 95.3 Å². The molecule has 90 valence electrons. The molecule has 1 saturated carbocycles. The first kappa shape index (κ1) is 11.4. The molecule has 0 N–H and O–H groups in total. The Kier molecular flexibility index (Phi) is 2.48. The summed E-state index contributed by atoms with van der Waals surface area (Å²) >= 11 is 0. The van der Waals surface area contributed by atoms with Crippen molar-refractivity contribution in [3.63, 3.8) is 0 Å². The quantitative estimate of drug-likeness (QED) is 0.672. The summed E-state index contributed by atoms with van der Waals surface area (Å²) < 4.78 is 10.2. The molecule has 2 fully saturated rings. The summed E-state index contributed by atoms with van der Waals surface area (Å²) in [5, 5.41) is 0. The number of carbonyl (C=O) groups excluding carboxylic acids is 2. The van der Waals surface area contributed by atoms with Crippen molar-refractivity contribution in [1.82, 2.24) is 0 Å². The summed E-state index contributed by atoms with van der Waals surface area (Å²) in [5.74, 6) is -0.460. The SMILES string of the molecule is COC(=O)C[C@H]1[C@@]2(C)CCC[C@]1(C)C(=O)O2. The van der Waals surface area contributed by atoms with Crippen molar-refractivity contribution < 1.29 is 19.1 Å². The predicted octanol–water partition coefficient (Wildman–Crippen LogP) is 1.67. The first-order chi connectivity index (χ1) is 7.42. The second-order valence-electron chi connectivity index (χ2n) is 5.31. The van der Waals surface area contributed by atoms with Crippen LogP contribution in [0.15, 0.2) is 0 Å². The number of carbonyl (C=O) groups is 2. The number of rotatable bonds is 2. The van der Waals surface area contributed by atoms with E-state index in [2.05, 4.69) is 0 Å². The Hall–Kier alpha value is -1.06.